The van der Waals surface area contributed by atoms with Crippen molar-refractivity contribution in [1.29, 1.82) is 0 Å². The maximum absolute atomic E-state index is 13.5. The fourth-order valence-electron chi connectivity index (χ4n) is 3.95. The third-order valence-electron chi connectivity index (χ3n) is 5.31. The molecule has 1 saturated heterocycles. The van der Waals surface area contributed by atoms with Crippen molar-refractivity contribution in [2.24, 2.45) is 0 Å². The molecule has 146 valence electrons. The normalized spacial score (nSPS) is 21.3. The molecule has 0 spiro atoms. The summed E-state index contributed by atoms with van der Waals surface area (Å²) in [6.45, 7) is 2.38. The van der Waals surface area contributed by atoms with E-state index in [0.717, 1.165) is 27.2 Å². The molecule has 2 amide bonds. The molecule has 3 aromatic heterocycles. The van der Waals surface area contributed by atoms with Crippen molar-refractivity contribution in [2.45, 2.75) is 31.9 Å². The average molecular weight is 404 g/mol. The number of halogens is 2. The summed E-state index contributed by atoms with van der Waals surface area (Å²) in [5, 5.41) is 4.74. The highest BCUT2D eigenvalue weighted by molar-refractivity contribution is 7.13. The Kier molecular flexibility index (Phi) is 3.87. The molecule has 5 heterocycles. The third-order valence-corrected chi connectivity index (χ3v) is 6.13. The van der Waals surface area contributed by atoms with Gasteiger partial charge in [0.1, 0.15) is 5.52 Å². The van der Waals surface area contributed by atoms with Crippen LogP contribution < -0.4 is 0 Å². The van der Waals surface area contributed by atoms with E-state index in [-0.39, 0.29) is 25.0 Å². The van der Waals surface area contributed by atoms with Gasteiger partial charge in [-0.1, -0.05) is 0 Å². The summed E-state index contributed by atoms with van der Waals surface area (Å²) in [5.41, 5.74) is 3.48. The van der Waals surface area contributed by atoms with Crippen molar-refractivity contribution < 1.29 is 13.6 Å². The first kappa shape index (κ1) is 17.5. The number of urea groups is 1. The number of hydrogen-bond donors (Lipinski definition) is 0. The maximum atomic E-state index is 13.5. The summed E-state index contributed by atoms with van der Waals surface area (Å²) in [6.07, 6.45) is 3.20. The van der Waals surface area contributed by atoms with Gasteiger partial charge in [0.2, 0.25) is 0 Å². The molecule has 1 fully saturated rings. The van der Waals surface area contributed by atoms with Crippen LogP contribution in [0.25, 0.3) is 21.5 Å². The summed E-state index contributed by atoms with van der Waals surface area (Å²) in [6, 6.07) is 3.51. The van der Waals surface area contributed by atoms with Gasteiger partial charge in [0.15, 0.2) is 0 Å². The van der Waals surface area contributed by atoms with Crippen LogP contribution in [-0.2, 0) is 6.54 Å². The summed E-state index contributed by atoms with van der Waals surface area (Å²) in [5.74, 6) is -2.78. The van der Waals surface area contributed by atoms with Crippen LogP contribution in [0.3, 0.4) is 0 Å². The van der Waals surface area contributed by atoms with Crippen molar-refractivity contribution in [1.82, 2.24) is 28.9 Å². The second kappa shape index (κ2) is 6.20. The molecule has 0 bridgehead atoms. The van der Waals surface area contributed by atoms with Gasteiger partial charge in [0, 0.05) is 31.3 Å². The molecule has 3 aromatic rings. The Hall–Kier alpha value is -2.62. The zero-order valence-electron chi connectivity index (χ0n) is 15.2. The van der Waals surface area contributed by atoms with E-state index in [9.17, 15) is 13.6 Å². The topological polar surface area (TPSA) is 67.2 Å². The summed E-state index contributed by atoms with van der Waals surface area (Å²) < 4.78 is 34.1. The number of likely N-dealkylation sites (tertiary alicyclic amines) is 1. The van der Waals surface area contributed by atoms with Gasteiger partial charge in [-0.2, -0.15) is 9.47 Å². The molecule has 0 unspecified atom stereocenters. The van der Waals surface area contributed by atoms with E-state index in [2.05, 4.69) is 9.36 Å². The highest BCUT2D eigenvalue weighted by Gasteiger charge is 2.42. The number of rotatable bonds is 1. The number of fused-ring (bicyclic) bond motifs is 2. The first-order valence-electron chi connectivity index (χ1n) is 9.11. The van der Waals surface area contributed by atoms with E-state index in [4.69, 9.17) is 5.10 Å². The molecular weight excluding hydrogens is 386 g/mol. The molecule has 7 nitrogen and oxygen atoms in total. The number of aromatic nitrogens is 4. The smallest absolute Gasteiger partial charge is 0.318 e. The molecule has 10 heteroatoms. The van der Waals surface area contributed by atoms with Gasteiger partial charge in [-0.25, -0.2) is 13.6 Å². The van der Waals surface area contributed by atoms with Gasteiger partial charge >= 0.3 is 6.03 Å². The molecule has 0 aromatic carbocycles. The van der Waals surface area contributed by atoms with Crippen molar-refractivity contribution in [3.05, 3.63) is 30.2 Å². The minimum atomic E-state index is -2.78. The van der Waals surface area contributed by atoms with Gasteiger partial charge in [-0.3, -0.25) is 9.67 Å². The van der Waals surface area contributed by atoms with E-state index < -0.39 is 12.5 Å². The van der Waals surface area contributed by atoms with E-state index in [1.807, 2.05) is 23.7 Å². The Morgan fingerprint density at radius 2 is 2.21 bits per heavy atom. The van der Waals surface area contributed by atoms with E-state index in [1.54, 1.807) is 17.3 Å². The molecule has 0 N–H and O–H groups in total. The van der Waals surface area contributed by atoms with Crippen LogP contribution in [0.5, 0.6) is 0 Å². The molecule has 2 aliphatic heterocycles. The fourth-order valence-corrected chi connectivity index (χ4v) is 4.68. The minimum absolute atomic E-state index is 0.0386. The van der Waals surface area contributed by atoms with Crippen LogP contribution in [0.2, 0.25) is 0 Å². The highest BCUT2D eigenvalue weighted by atomic mass is 32.1. The number of amides is 2. The summed E-state index contributed by atoms with van der Waals surface area (Å²) >= 11 is 1.37. The fraction of sp³-hybridized carbons (Fsp3) is 0.444. The average Bonchev–Trinajstić information content (AvgIpc) is 3.37. The number of alkyl halides is 2. The lowest BCUT2D eigenvalue weighted by Gasteiger charge is -2.34. The molecular formula is C18H18F2N6OS. The molecule has 5 rings (SSSR count). The van der Waals surface area contributed by atoms with Gasteiger partial charge in [0.25, 0.3) is 5.92 Å². The molecule has 0 radical (unpaired) electrons. The van der Waals surface area contributed by atoms with E-state index >= 15 is 0 Å². The van der Waals surface area contributed by atoms with Crippen molar-refractivity contribution >= 4 is 27.8 Å². The Labute approximate surface area is 163 Å². The van der Waals surface area contributed by atoms with E-state index in [0.29, 0.717) is 13.1 Å². The predicted octanol–water partition coefficient (Wildman–Crippen LogP) is 3.39. The first-order valence-corrected chi connectivity index (χ1v) is 9.88. The van der Waals surface area contributed by atoms with Gasteiger partial charge in [-0.15, -0.1) is 0 Å². The lowest BCUT2D eigenvalue weighted by atomic mass is 10.1. The number of carbonyl (C=O) groups is 1. The lowest BCUT2D eigenvalue weighted by molar-refractivity contribution is 0.0132. The van der Waals surface area contributed by atoms with Crippen LogP contribution in [0, 0.1) is 0 Å². The zero-order chi connectivity index (χ0) is 19.5. The number of pyridine rings is 1. The van der Waals surface area contributed by atoms with Gasteiger partial charge in [-0.05, 0) is 30.6 Å². The Balaban J connectivity index is 1.43. The van der Waals surface area contributed by atoms with Crippen LogP contribution in [0.4, 0.5) is 13.6 Å². The molecule has 1 atom stereocenters. The summed E-state index contributed by atoms with van der Waals surface area (Å²) in [4.78, 5) is 19.9. The van der Waals surface area contributed by atoms with Crippen LogP contribution >= 0.6 is 11.5 Å². The van der Waals surface area contributed by atoms with Crippen molar-refractivity contribution in [3.8, 4) is 11.3 Å². The molecule has 28 heavy (non-hydrogen) atoms. The standard InChI is InChI=1S/C18H18F2N6OS/c1-11-8-25(17(27)24-5-3-18(19,20)10-24)9-12-6-14(23-26(11)12)13-2-4-21-15-7-22-28-16(13)15/h2,4,6-7,11H,3,5,8-10H2,1H3/t11-/m0/s1. The zero-order valence-corrected chi connectivity index (χ0v) is 16.0. The third kappa shape index (κ3) is 2.83. The summed E-state index contributed by atoms with van der Waals surface area (Å²) in [7, 11) is 0. The maximum Gasteiger partial charge on any atom is 0.320 e. The molecule has 0 saturated carbocycles. The lowest BCUT2D eigenvalue weighted by Crippen LogP contribution is -2.47. The van der Waals surface area contributed by atoms with Gasteiger partial charge < -0.3 is 9.80 Å². The Morgan fingerprint density at radius 3 is 3.00 bits per heavy atom. The first-order chi connectivity index (χ1) is 13.4. The SMILES string of the molecule is C[C@H]1CN(C(=O)N2CCC(F)(F)C2)Cc2cc(-c3ccnc4cnsc34)nn21. The second-order valence-electron chi connectivity index (χ2n) is 7.40. The van der Waals surface area contributed by atoms with Gasteiger partial charge in [0.05, 0.1) is 41.4 Å². The quantitative estimate of drug-likeness (QED) is 0.624. The minimum Gasteiger partial charge on any atom is -0.318 e. The predicted molar refractivity (Wildman–Crippen MR) is 100 cm³/mol. The Morgan fingerprint density at radius 1 is 1.36 bits per heavy atom. The van der Waals surface area contributed by atoms with E-state index in [1.165, 1.54) is 16.4 Å². The highest BCUT2D eigenvalue weighted by Crippen LogP contribution is 2.33. The molecule has 0 aliphatic carbocycles. The van der Waals surface area contributed by atoms with Crippen LogP contribution in [-0.4, -0.2) is 60.5 Å². The Bertz CT molecular complexity index is 1060. The van der Waals surface area contributed by atoms with Crippen molar-refractivity contribution in [2.75, 3.05) is 19.6 Å². The van der Waals surface area contributed by atoms with Crippen LogP contribution in [0.1, 0.15) is 25.1 Å². The van der Waals surface area contributed by atoms with Crippen LogP contribution in [0.15, 0.2) is 24.5 Å². The largest absolute Gasteiger partial charge is 0.320 e. The second-order valence-corrected chi connectivity index (χ2v) is 8.21. The van der Waals surface area contributed by atoms with Crippen molar-refractivity contribution in [3.63, 3.8) is 0 Å². The number of hydrogen-bond acceptors (Lipinski definition) is 5. The molecule has 2 aliphatic rings. The monoisotopic (exact) mass is 404 g/mol. The number of carbonyl (C=O) groups excluding carboxylic acids is 1. The number of nitrogens with zero attached hydrogens (tertiary/aromatic N) is 6.